The van der Waals surface area contributed by atoms with Gasteiger partial charge in [-0.1, -0.05) is 26.0 Å². The van der Waals surface area contributed by atoms with Crippen molar-refractivity contribution in [2.24, 2.45) is 5.92 Å². The molecule has 10 heteroatoms. The maximum absolute atomic E-state index is 13.5. The quantitative estimate of drug-likeness (QED) is 0.511. The molecule has 0 aliphatic carbocycles. The number of fused-ring (bicyclic) bond motifs is 5. The van der Waals surface area contributed by atoms with Crippen LogP contribution in [0.2, 0.25) is 0 Å². The number of ether oxygens (including phenoxy) is 1. The standard InChI is InChI=1S/C25H29N5O5/c1-14(2)22-24(31)30-19(25(32)33)13-21(35-30)34-23-18-11-15(7-8-16(18)9-10-26-23)5-3-4-6-17-12-20(27-22)29-28-17/h7-12,14,19,21-22H,3-6,13H2,1-2H3,(H,32,33)(H2,27,28,29)/t19-,21+,22-/m0/s1. The summed E-state index contributed by atoms with van der Waals surface area (Å²) in [5.41, 5.74) is 2.14. The van der Waals surface area contributed by atoms with Crippen molar-refractivity contribution in [2.75, 3.05) is 5.32 Å². The number of carboxylic acid groups (broad SMARTS) is 1. The molecule has 2 aliphatic rings. The van der Waals surface area contributed by atoms with Crippen molar-refractivity contribution in [2.45, 2.75) is 64.3 Å². The number of hydroxylamine groups is 2. The van der Waals surface area contributed by atoms with Crippen LogP contribution in [0.3, 0.4) is 0 Å². The second-order valence-electron chi connectivity index (χ2n) is 9.43. The zero-order chi connectivity index (χ0) is 24.5. The lowest BCUT2D eigenvalue weighted by molar-refractivity contribution is -0.219. The number of carbonyl (C=O) groups excluding carboxylic acids is 1. The third-order valence-electron chi connectivity index (χ3n) is 6.50. The van der Waals surface area contributed by atoms with Crippen molar-refractivity contribution in [3.8, 4) is 5.88 Å². The van der Waals surface area contributed by atoms with Crippen LogP contribution in [0.25, 0.3) is 10.8 Å². The Morgan fingerprint density at radius 2 is 2.03 bits per heavy atom. The molecule has 1 saturated heterocycles. The van der Waals surface area contributed by atoms with Gasteiger partial charge in [-0.3, -0.25) is 9.89 Å². The molecule has 2 aromatic heterocycles. The minimum atomic E-state index is -1.18. The SMILES string of the molecule is CC(C)[C@@H]1Nc2cc([nH]n2)CCCCc2ccc3ccnc(c3c2)O[C@H]2C[C@@H](C(=O)O)N(O2)C1=O. The van der Waals surface area contributed by atoms with Gasteiger partial charge in [-0.2, -0.15) is 5.10 Å². The van der Waals surface area contributed by atoms with Gasteiger partial charge >= 0.3 is 5.97 Å². The van der Waals surface area contributed by atoms with Gasteiger partial charge in [0.1, 0.15) is 11.9 Å². The topological polar surface area (TPSA) is 130 Å². The number of aromatic amines is 1. The second kappa shape index (κ2) is 9.53. The number of carbonyl (C=O) groups is 2. The number of aliphatic carboxylic acids is 1. The number of nitrogens with zero attached hydrogens (tertiary/aromatic N) is 3. The smallest absolute Gasteiger partial charge is 0.329 e. The lowest BCUT2D eigenvalue weighted by Gasteiger charge is -2.27. The van der Waals surface area contributed by atoms with Gasteiger partial charge in [-0.05, 0) is 54.7 Å². The van der Waals surface area contributed by atoms with E-state index in [1.807, 2.05) is 32.0 Å². The molecule has 0 spiro atoms. The van der Waals surface area contributed by atoms with E-state index in [2.05, 4.69) is 32.6 Å². The van der Waals surface area contributed by atoms with Gasteiger partial charge in [0.05, 0.1) is 0 Å². The zero-order valence-electron chi connectivity index (χ0n) is 19.7. The molecule has 4 heterocycles. The highest BCUT2D eigenvalue weighted by Gasteiger charge is 2.45. The van der Waals surface area contributed by atoms with E-state index in [-0.39, 0.29) is 12.3 Å². The molecule has 3 aromatic rings. The number of aryl methyl sites for hydroxylation is 2. The lowest BCUT2D eigenvalue weighted by Crippen LogP contribution is -2.49. The van der Waals surface area contributed by atoms with Gasteiger partial charge in [0.25, 0.3) is 5.91 Å². The third kappa shape index (κ3) is 4.79. The highest BCUT2D eigenvalue weighted by atomic mass is 16.8. The molecular weight excluding hydrogens is 450 g/mol. The van der Waals surface area contributed by atoms with Crippen LogP contribution in [0.4, 0.5) is 5.82 Å². The fourth-order valence-electron chi connectivity index (χ4n) is 4.58. The van der Waals surface area contributed by atoms with Gasteiger partial charge in [-0.15, -0.1) is 0 Å². The summed E-state index contributed by atoms with van der Waals surface area (Å²) in [6.07, 6.45) is 4.37. The van der Waals surface area contributed by atoms with Crippen molar-refractivity contribution in [3.05, 3.63) is 47.8 Å². The molecule has 5 rings (SSSR count). The predicted octanol–water partition coefficient (Wildman–Crippen LogP) is 3.30. The molecule has 0 unspecified atom stereocenters. The second-order valence-corrected chi connectivity index (χ2v) is 9.43. The maximum Gasteiger partial charge on any atom is 0.329 e. The molecular formula is C25H29N5O5. The number of amides is 1. The van der Waals surface area contributed by atoms with Crippen LogP contribution in [0, 0.1) is 5.92 Å². The van der Waals surface area contributed by atoms with Crippen LogP contribution < -0.4 is 10.1 Å². The van der Waals surface area contributed by atoms with Gasteiger partial charge in [-0.25, -0.2) is 19.7 Å². The van der Waals surface area contributed by atoms with E-state index in [1.165, 1.54) is 0 Å². The van der Waals surface area contributed by atoms with E-state index in [1.54, 1.807) is 6.20 Å². The summed E-state index contributed by atoms with van der Waals surface area (Å²) in [4.78, 5) is 35.7. The van der Waals surface area contributed by atoms with Crippen LogP contribution in [-0.4, -0.2) is 55.6 Å². The van der Waals surface area contributed by atoms with E-state index in [9.17, 15) is 14.7 Å². The van der Waals surface area contributed by atoms with Crippen LogP contribution >= 0.6 is 0 Å². The zero-order valence-corrected chi connectivity index (χ0v) is 19.7. The number of benzene rings is 1. The Labute approximate surface area is 202 Å². The number of hydrogen-bond donors (Lipinski definition) is 3. The first-order chi connectivity index (χ1) is 16.9. The Balaban J connectivity index is 1.52. The van der Waals surface area contributed by atoms with Crippen LogP contribution in [0.5, 0.6) is 5.88 Å². The van der Waals surface area contributed by atoms with Crippen molar-refractivity contribution in [1.82, 2.24) is 20.2 Å². The van der Waals surface area contributed by atoms with Crippen molar-refractivity contribution in [1.29, 1.82) is 0 Å². The average Bonchev–Trinajstić information content (AvgIpc) is 3.46. The summed E-state index contributed by atoms with van der Waals surface area (Å²) >= 11 is 0. The number of carboxylic acids is 1. The Hall–Kier alpha value is -3.66. The first-order valence-electron chi connectivity index (χ1n) is 12.0. The number of hydrogen-bond acceptors (Lipinski definition) is 7. The van der Waals surface area contributed by atoms with Crippen LogP contribution in [-0.2, 0) is 27.3 Å². The molecule has 1 amide bonds. The monoisotopic (exact) mass is 479 g/mol. The van der Waals surface area contributed by atoms with Gasteiger partial charge in [0, 0.05) is 29.8 Å². The summed E-state index contributed by atoms with van der Waals surface area (Å²) in [7, 11) is 0. The molecule has 2 aliphatic heterocycles. The molecule has 3 atom stereocenters. The minimum Gasteiger partial charge on any atom is -0.480 e. The molecule has 0 saturated carbocycles. The fraction of sp³-hybridized carbons (Fsp3) is 0.440. The molecule has 1 fully saturated rings. The van der Waals surface area contributed by atoms with Gasteiger partial charge < -0.3 is 15.2 Å². The largest absolute Gasteiger partial charge is 0.480 e. The summed E-state index contributed by atoms with van der Waals surface area (Å²) in [6, 6.07) is 8.07. The van der Waals surface area contributed by atoms with E-state index in [4.69, 9.17) is 9.57 Å². The summed E-state index contributed by atoms with van der Waals surface area (Å²) in [5, 5.41) is 23.0. The fourth-order valence-corrected chi connectivity index (χ4v) is 4.58. The van der Waals surface area contributed by atoms with E-state index in [0.29, 0.717) is 11.7 Å². The van der Waals surface area contributed by atoms with E-state index in [0.717, 1.165) is 52.8 Å². The summed E-state index contributed by atoms with van der Waals surface area (Å²) in [5.74, 6) is -0.903. The third-order valence-corrected chi connectivity index (χ3v) is 6.50. The molecule has 0 radical (unpaired) electrons. The average molecular weight is 480 g/mol. The molecule has 1 aromatic carbocycles. The first kappa shape index (κ1) is 23.1. The summed E-state index contributed by atoms with van der Waals surface area (Å²) in [6.45, 7) is 3.76. The van der Waals surface area contributed by atoms with Crippen molar-refractivity contribution in [3.63, 3.8) is 0 Å². The minimum absolute atomic E-state index is 0.0177. The number of nitrogens with one attached hydrogen (secondary N) is 2. The maximum atomic E-state index is 13.5. The Bertz CT molecular complexity index is 1240. The number of H-pyrrole nitrogens is 1. The molecule has 3 N–H and O–H groups in total. The Morgan fingerprint density at radius 1 is 1.20 bits per heavy atom. The normalized spacial score (nSPS) is 23.1. The van der Waals surface area contributed by atoms with Gasteiger partial charge in [0.2, 0.25) is 12.2 Å². The highest BCUT2D eigenvalue weighted by molar-refractivity contribution is 5.89. The Kier molecular flexibility index (Phi) is 6.29. The first-order valence-corrected chi connectivity index (χ1v) is 12.0. The molecule has 10 nitrogen and oxygen atoms in total. The van der Waals surface area contributed by atoms with Crippen molar-refractivity contribution >= 4 is 28.5 Å². The lowest BCUT2D eigenvalue weighted by atomic mass is 10.0. The molecule has 35 heavy (non-hydrogen) atoms. The van der Waals surface area contributed by atoms with Crippen LogP contribution in [0.15, 0.2) is 36.5 Å². The number of aromatic nitrogens is 3. The summed E-state index contributed by atoms with van der Waals surface area (Å²) < 4.78 is 6.04. The van der Waals surface area contributed by atoms with Crippen LogP contribution in [0.1, 0.15) is 44.4 Å². The molecule has 6 bridgehead atoms. The highest BCUT2D eigenvalue weighted by Crippen LogP contribution is 2.31. The van der Waals surface area contributed by atoms with Gasteiger partial charge in [0.15, 0.2) is 6.04 Å². The van der Waals surface area contributed by atoms with Crippen molar-refractivity contribution < 1.29 is 24.3 Å². The molecule has 184 valence electrons. The van der Waals surface area contributed by atoms with E-state index < -0.39 is 30.3 Å². The predicted molar refractivity (Wildman–Crippen MR) is 128 cm³/mol. The van der Waals surface area contributed by atoms with E-state index >= 15 is 0 Å². The number of anilines is 1. The number of pyridine rings is 1. The number of rotatable bonds is 2. The Morgan fingerprint density at radius 3 is 2.83 bits per heavy atom.